The van der Waals surface area contributed by atoms with Crippen LogP contribution in [0.25, 0.3) is 0 Å². The predicted octanol–water partition coefficient (Wildman–Crippen LogP) is 1.12. The van der Waals surface area contributed by atoms with Gasteiger partial charge in [-0.15, -0.1) is 0 Å². The molecule has 5 amide bonds. The monoisotopic (exact) mass is 445 g/mol. The molecule has 3 aliphatic rings. The van der Waals surface area contributed by atoms with Crippen molar-refractivity contribution < 1.29 is 23.6 Å². The Hall–Kier alpha value is -3.01. The third kappa shape index (κ3) is 4.32. The fourth-order valence-corrected chi connectivity index (χ4v) is 4.59. The maximum absolute atomic E-state index is 13.9. The van der Waals surface area contributed by atoms with Crippen molar-refractivity contribution in [2.24, 2.45) is 5.92 Å². The third-order valence-electron chi connectivity index (χ3n) is 6.66. The molecule has 2 saturated heterocycles. The average molecular weight is 445 g/mol. The van der Waals surface area contributed by atoms with Gasteiger partial charge in [-0.3, -0.25) is 24.7 Å². The summed E-state index contributed by atoms with van der Waals surface area (Å²) in [5.41, 5.74) is 1.56. The van der Waals surface area contributed by atoms with Gasteiger partial charge in [0.05, 0.1) is 12.1 Å². The van der Waals surface area contributed by atoms with Crippen molar-refractivity contribution in [3.05, 3.63) is 35.6 Å². The predicted molar refractivity (Wildman–Crippen MR) is 113 cm³/mol. The average Bonchev–Trinajstić information content (AvgIpc) is 3.00. The molecule has 2 heterocycles. The number of rotatable bonds is 4. The summed E-state index contributed by atoms with van der Waals surface area (Å²) in [6.07, 6.45) is 2.85. The lowest BCUT2D eigenvalue weighted by Crippen LogP contribution is -2.55. The molecule has 1 aromatic carbocycles. The van der Waals surface area contributed by atoms with Crippen LogP contribution >= 0.6 is 0 Å². The molecule has 32 heavy (non-hydrogen) atoms. The van der Waals surface area contributed by atoms with Gasteiger partial charge in [0.15, 0.2) is 0 Å². The van der Waals surface area contributed by atoms with E-state index < -0.39 is 29.2 Å². The third-order valence-corrected chi connectivity index (χ3v) is 6.66. The van der Waals surface area contributed by atoms with E-state index in [9.17, 15) is 23.6 Å². The second-order valence-electron chi connectivity index (χ2n) is 8.92. The molecule has 2 N–H and O–H groups in total. The second kappa shape index (κ2) is 8.85. The number of amides is 5. The first kappa shape index (κ1) is 22.2. The molecule has 1 aromatic rings. The Kier molecular flexibility index (Phi) is 6.14. The minimum absolute atomic E-state index is 0.0111. The van der Waals surface area contributed by atoms with Crippen molar-refractivity contribution in [3.63, 3.8) is 0 Å². The molecule has 1 spiro atoms. The summed E-state index contributed by atoms with van der Waals surface area (Å²) in [5, 5.41) is 3.57. The molecule has 2 aliphatic heterocycles. The van der Waals surface area contributed by atoms with Gasteiger partial charge in [-0.2, -0.15) is 5.01 Å². The van der Waals surface area contributed by atoms with Gasteiger partial charge in [0.1, 0.15) is 11.4 Å². The van der Waals surface area contributed by atoms with Crippen LogP contribution in [0.2, 0.25) is 0 Å². The number of imide groups is 1. The summed E-state index contributed by atoms with van der Waals surface area (Å²) in [5.74, 6) is -1.29. The van der Waals surface area contributed by atoms with Crippen molar-refractivity contribution in [2.75, 3.05) is 32.7 Å². The first-order chi connectivity index (χ1) is 15.3. The number of urea groups is 1. The van der Waals surface area contributed by atoms with Crippen LogP contribution in [-0.4, -0.2) is 76.8 Å². The molecule has 172 valence electrons. The minimum atomic E-state index is -0.907. The van der Waals surface area contributed by atoms with Crippen LogP contribution in [-0.2, 0) is 9.59 Å². The molecule has 0 unspecified atom stereocenters. The molecular weight excluding hydrogens is 417 g/mol. The Labute approximate surface area is 185 Å². The molecule has 1 aliphatic carbocycles. The first-order valence-electron chi connectivity index (χ1n) is 11.0. The number of hydrazine groups is 1. The van der Waals surface area contributed by atoms with Crippen LogP contribution in [0.4, 0.5) is 9.18 Å². The van der Waals surface area contributed by atoms with Crippen molar-refractivity contribution in [1.29, 1.82) is 0 Å². The summed E-state index contributed by atoms with van der Waals surface area (Å²) in [6.45, 7) is 3.67. The number of piperazine rings is 1. The Balaban J connectivity index is 1.27. The van der Waals surface area contributed by atoms with Crippen molar-refractivity contribution in [1.82, 2.24) is 25.6 Å². The molecule has 0 aromatic heterocycles. The van der Waals surface area contributed by atoms with Gasteiger partial charge in [-0.25, -0.2) is 9.18 Å². The summed E-state index contributed by atoms with van der Waals surface area (Å²) >= 11 is 0. The Morgan fingerprint density at radius 3 is 2.44 bits per heavy atom. The fraction of sp³-hybridized carbons (Fsp3) is 0.545. The highest BCUT2D eigenvalue weighted by Gasteiger charge is 2.52. The van der Waals surface area contributed by atoms with Crippen LogP contribution in [0, 0.1) is 11.7 Å². The SMILES string of the molecule is CC1CCC2(CC1)NC(=O)N(NC(=O)CN1CCN(C(=O)c3ccccc3F)CC1)C2=O. The van der Waals surface area contributed by atoms with E-state index in [0.717, 1.165) is 17.9 Å². The fourth-order valence-electron chi connectivity index (χ4n) is 4.59. The summed E-state index contributed by atoms with van der Waals surface area (Å²) in [6, 6.07) is 5.25. The standard InChI is InChI=1S/C22H28FN5O4/c1-15-6-8-22(9-7-15)20(31)28(21(32)24-22)25-18(29)14-26-10-12-27(13-11-26)19(30)16-4-2-3-5-17(16)23/h2-5,15H,6-14H2,1H3,(H,24,32)(H,25,29). The Morgan fingerprint density at radius 1 is 1.12 bits per heavy atom. The van der Waals surface area contributed by atoms with Gasteiger partial charge in [-0.1, -0.05) is 19.1 Å². The molecule has 10 heteroatoms. The molecule has 1 saturated carbocycles. The maximum atomic E-state index is 13.9. The first-order valence-corrected chi connectivity index (χ1v) is 11.0. The van der Waals surface area contributed by atoms with E-state index in [1.54, 1.807) is 11.0 Å². The maximum Gasteiger partial charge on any atom is 0.344 e. The highest BCUT2D eigenvalue weighted by Crippen LogP contribution is 2.35. The van der Waals surface area contributed by atoms with E-state index >= 15 is 0 Å². The quantitative estimate of drug-likeness (QED) is 0.677. The van der Waals surface area contributed by atoms with E-state index in [2.05, 4.69) is 17.7 Å². The van der Waals surface area contributed by atoms with E-state index in [4.69, 9.17) is 0 Å². The number of carbonyl (C=O) groups excluding carboxylic acids is 4. The Bertz CT molecular complexity index is 923. The minimum Gasteiger partial charge on any atom is -0.336 e. The zero-order chi connectivity index (χ0) is 22.9. The zero-order valence-corrected chi connectivity index (χ0v) is 18.1. The summed E-state index contributed by atoms with van der Waals surface area (Å²) < 4.78 is 13.9. The smallest absolute Gasteiger partial charge is 0.336 e. The summed E-state index contributed by atoms with van der Waals surface area (Å²) in [4.78, 5) is 53.6. The normalized spacial score (nSPS) is 26.4. The van der Waals surface area contributed by atoms with Gasteiger partial charge in [-0.05, 0) is 43.7 Å². The number of nitrogens with zero attached hydrogens (tertiary/aromatic N) is 3. The highest BCUT2D eigenvalue weighted by molar-refractivity contribution is 6.08. The van der Waals surface area contributed by atoms with Gasteiger partial charge in [0.2, 0.25) is 0 Å². The number of halogens is 1. The molecule has 0 atom stereocenters. The van der Waals surface area contributed by atoms with Gasteiger partial charge >= 0.3 is 6.03 Å². The number of hydrogen-bond donors (Lipinski definition) is 2. The number of benzene rings is 1. The number of carbonyl (C=O) groups is 4. The van der Waals surface area contributed by atoms with Gasteiger partial charge < -0.3 is 10.2 Å². The zero-order valence-electron chi connectivity index (χ0n) is 18.1. The van der Waals surface area contributed by atoms with Crippen LogP contribution in [0.15, 0.2) is 24.3 Å². The van der Waals surface area contributed by atoms with E-state index in [1.165, 1.54) is 18.2 Å². The number of hydrogen-bond acceptors (Lipinski definition) is 5. The Morgan fingerprint density at radius 2 is 1.78 bits per heavy atom. The molecule has 0 radical (unpaired) electrons. The largest absolute Gasteiger partial charge is 0.344 e. The lowest BCUT2D eigenvalue weighted by molar-refractivity contribution is -0.140. The van der Waals surface area contributed by atoms with Crippen LogP contribution in [0.1, 0.15) is 43.0 Å². The van der Waals surface area contributed by atoms with E-state index in [1.807, 2.05) is 4.90 Å². The van der Waals surface area contributed by atoms with Crippen LogP contribution in [0.3, 0.4) is 0 Å². The molecule has 0 bridgehead atoms. The lowest BCUT2D eigenvalue weighted by atomic mass is 9.77. The van der Waals surface area contributed by atoms with E-state index in [0.29, 0.717) is 44.9 Å². The molecule has 3 fully saturated rings. The molecule has 4 rings (SSSR count). The highest BCUT2D eigenvalue weighted by atomic mass is 19.1. The summed E-state index contributed by atoms with van der Waals surface area (Å²) in [7, 11) is 0. The van der Waals surface area contributed by atoms with Crippen molar-refractivity contribution >= 4 is 23.8 Å². The van der Waals surface area contributed by atoms with Crippen molar-refractivity contribution in [3.8, 4) is 0 Å². The molecular formula is C22H28FN5O4. The van der Waals surface area contributed by atoms with Crippen LogP contribution in [0.5, 0.6) is 0 Å². The number of nitrogens with one attached hydrogen (secondary N) is 2. The van der Waals surface area contributed by atoms with Crippen LogP contribution < -0.4 is 10.7 Å². The van der Waals surface area contributed by atoms with Gasteiger partial charge in [0.25, 0.3) is 17.7 Å². The topological polar surface area (TPSA) is 102 Å². The molecule has 9 nitrogen and oxygen atoms in total. The lowest BCUT2D eigenvalue weighted by Gasteiger charge is -2.34. The van der Waals surface area contributed by atoms with Crippen molar-refractivity contribution in [2.45, 2.75) is 38.1 Å². The second-order valence-corrected chi connectivity index (χ2v) is 8.92. The van der Waals surface area contributed by atoms with Gasteiger partial charge in [0, 0.05) is 26.2 Å². The van der Waals surface area contributed by atoms with E-state index in [-0.39, 0.29) is 18.0 Å².